The number of nitrogens with zero attached hydrogens (tertiary/aromatic N) is 3. The van der Waals surface area contributed by atoms with Crippen LogP contribution in [0, 0.1) is 0 Å². The van der Waals surface area contributed by atoms with E-state index in [2.05, 4.69) is 15.4 Å². The van der Waals surface area contributed by atoms with Crippen LogP contribution in [0.25, 0.3) is 16.5 Å². The first kappa shape index (κ1) is 17.4. The molecule has 0 atom stereocenters. The fourth-order valence-corrected chi connectivity index (χ4v) is 2.89. The molecule has 0 unspecified atom stereocenters. The zero-order valence-corrected chi connectivity index (χ0v) is 15.0. The van der Waals surface area contributed by atoms with E-state index in [-0.39, 0.29) is 11.3 Å². The van der Waals surface area contributed by atoms with Crippen LogP contribution in [0.5, 0.6) is 5.75 Å². The summed E-state index contributed by atoms with van der Waals surface area (Å²) < 4.78 is 6.44. The van der Waals surface area contributed by atoms with Crippen molar-refractivity contribution in [1.82, 2.24) is 14.8 Å². The third kappa shape index (κ3) is 3.21. The molecule has 4 rings (SSSR count). The van der Waals surface area contributed by atoms with E-state index >= 15 is 0 Å². The van der Waals surface area contributed by atoms with Gasteiger partial charge in [-0.1, -0.05) is 30.3 Å². The lowest BCUT2D eigenvalue weighted by molar-refractivity contribution is 0.102. The molecule has 0 radical (unpaired) electrons. The van der Waals surface area contributed by atoms with E-state index in [1.807, 2.05) is 0 Å². The molecule has 0 aliphatic heterocycles. The van der Waals surface area contributed by atoms with Crippen molar-refractivity contribution >= 4 is 22.5 Å². The monoisotopic (exact) mass is 372 g/mol. The summed E-state index contributed by atoms with van der Waals surface area (Å²) in [6, 6.07) is 19.0. The molecule has 0 aliphatic carbocycles. The van der Waals surface area contributed by atoms with E-state index in [0.29, 0.717) is 28.0 Å². The number of carbonyl (C=O) groups is 1. The highest BCUT2D eigenvalue weighted by Crippen LogP contribution is 2.19. The molecular weight excluding hydrogens is 356 g/mol. The van der Waals surface area contributed by atoms with Crippen LogP contribution in [0.4, 0.5) is 5.82 Å². The lowest BCUT2D eigenvalue weighted by Gasteiger charge is -2.12. The Morgan fingerprint density at radius 2 is 1.79 bits per heavy atom. The maximum absolute atomic E-state index is 13.0. The first-order valence-corrected chi connectivity index (χ1v) is 8.56. The van der Waals surface area contributed by atoms with Crippen LogP contribution < -0.4 is 15.6 Å². The molecule has 0 aliphatic rings. The third-order valence-electron chi connectivity index (χ3n) is 4.22. The smallest absolute Gasteiger partial charge is 0.279 e. The highest BCUT2D eigenvalue weighted by Gasteiger charge is 2.18. The minimum absolute atomic E-state index is 0.128. The molecule has 0 spiro atoms. The van der Waals surface area contributed by atoms with Gasteiger partial charge in [-0.15, -0.1) is 0 Å². The average molecular weight is 372 g/mol. The second kappa shape index (κ2) is 7.32. The molecule has 2 aromatic carbocycles. The molecule has 138 valence electrons. The highest BCUT2D eigenvalue weighted by atomic mass is 16.5. The number of aromatic nitrogens is 3. The first-order valence-electron chi connectivity index (χ1n) is 8.56. The molecule has 2 heterocycles. The number of amides is 1. The first-order chi connectivity index (χ1) is 13.7. The largest absolute Gasteiger partial charge is 0.497 e. The molecule has 28 heavy (non-hydrogen) atoms. The quantitative estimate of drug-likeness (QED) is 0.595. The van der Waals surface area contributed by atoms with Gasteiger partial charge in [0.05, 0.1) is 18.2 Å². The summed E-state index contributed by atoms with van der Waals surface area (Å²) in [4.78, 5) is 30.0. The van der Waals surface area contributed by atoms with E-state index < -0.39 is 5.91 Å². The van der Waals surface area contributed by atoms with Crippen LogP contribution in [0.1, 0.15) is 10.5 Å². The van der Waals surface area contributed by atoms with Gasteiger partial charge in [-0.05, 0) is 30.3 Å². The predicted molar refractivity (Wildman–Crippen MR) is 106 cm³/mol. The Morgan fingerprint density at radius 3 is 2.54 bits per heavy atom. The molecule has 0 saturated carbocycles. The molecule has 0 saturated heterocycles. The topological polar surface area (TPSA) is 86.1 Å². The molecule has 1 N–H and O–H groups in total. The van der Waals surface area contributed by atoms with Gasteiger partial charge < -0.3 is 10.1 Å². The Labute approximate surface area is 160 Å². The number of benzene rings is 2. The SMILES string of the molecule is COc1cccc(-n2nc(C(=O)Nc3ccccn3)c3ccccc3c2=O)c1. The van der Waals surface area contributed by atoms with Gasteiger partial charge in [0, 0.05) is 17.6 Å². The van der Waals surface area contributed by atoms with Crippen molar-refractivity contribution in [1.29, 1.82) is 0 Å². The average Bonchev–Trinajstić information content (AvgIpc) is 2.75. The summed E-state index contributed by atoms with van der Waals surface area (Å²) >= 11 is 0. The van der Waals surface area contributed by atoms with Crippen LogP contribution in [-0.2, 0) is 0 Å². The van der Waals surface area contributed by atoms with Crippen LogP contribution in [0.2, 0.25) is 0 Å². The van der Waals surface area contributed by atoms with Crippen molar-refractivity contribution in [2.75, 3.05) is 12.4 Å². The van der Waals surface area contributed by atoms with Gasteiger partial charge >= 0.3 is 0 Å². The molecule has 7 nitrogen and oxygen atoms in total. The summed E-state index contributed by atoms with van der Waals surface area (Å²) in [5.41, 5.74) is 0.309. The lowest BCUT2D eigenvalue weighted by atomic mass is 10.1. The molecule has 0 bridgehead atoms. The molecule has 0 fully saturated rings. The molecule has 1 amide bonds. The van der Waals surface area contributed by atoms with Crippen molar-refractivity contribution in [3.8, 4) is 11.4 Å². The Kier molecular flexibility index (Phi) is 4.55. The Hall–Kier alpha value is -4.00. The predicted octanol–water partition coefficient (Wildman–Crippen LogP) is 3.04. The Balaban J connectivity index is 1.89. The molecule has 2 aromatic heterocycles. The van der Waals surface area contributed by atoms with Gasteiger partial charge in [-0.2, -0.15) is 9.78 Å². The molecule has 4 aromatic rings. The second-order valence-corrected chi connectivity index (χ2v) is 5.98. The number of anilines is 1. The van der Waals surface area contributed by atoms with Crippen molar-refractivity contribution in [2.45, 2.75) is 0 Å². The van der Waals surface area contributed by atoms with Crippen molar-refractivity contribution < 1.29 is 9.53 Å². The number of fused-ring (bicyclic) bond motifs is 1. The third-order valence-corrected chi connectivity index (χ3v) is 4.22. The zero-order valence-electron chi connectivity index (χ0n) is 15.0. The number of hydrogen-bond donors (Lipinski definition) is 1. The minimum Gasteiger partial charge on any atom is -0.497 e. The van der Waals surface area contributed by atoms with E-state index in [4.69, 9.17) is 4.74 Å². The normalized spacial score (nSPS) is 10.6. The van der Waals surface area contributed by atoms with Gasteiger partial charge in [-0.3, -0.25) is 9.59 Å². The summed E-state index contributed by atoms with van der Waals surface area (Å²) in [6.45, 7) is 0. The number of hydrogen-bond acceptors (Lipinski definition) is 5. The van der Waals surface area contributed by atoms with E-state index in [1.54, 1.807) is 80.0 Å². The summed E-state index contributed by atoms with van der Waals surface area (Å²) in [5.74, 6) is 0.530. The van der Waals surface area contributed by atoms with Crippen LogP contribution in [0.3, 0.4) is 0 Å². The number of rotatable bonds is 4. The van der Waals surface area contributed by atoms with E-state index in [1.165, 1.54) is 4.68 Å². The van der Waals surface area contributed by atoms with Gasteiger partial charge in [0.1, 0.15) is 11.6 Å². The van der Waals surface area contributed by atoms with Gasteiger partial charge in [0.2, 0.25) is 0 Å². The van der Waals surface area contributed by atoms with Gasteiger partial charge in [-0.25, -0.2) is 4.98 Å². The molecular formula is C21H16N4O3. The maximum Gasteiger partial charge on any atom is 0.279 e. The highest BCUT2D eigenvalue weighted by molar-refractivity contribution is 6.10. The summed E-state index contributed by atoms with van der Waals surface area (Å²) in [6.07, 6.45) is 1.58. The van der Waals surface area contributed by atoms with Gasteiger partial charge in [0.25, 0.3) is 11.5 Å². The van der Waals surface area contributed by atoms with Crippen LogP contribution in [-0.4, -0.2) is 27.8 Å². The minimum atomic E-state index is -0.452. The van der Waals surface area contributed by atoms with Crippen LogP contribution in [0.15, 0.2) is 77.7 Å². The summed E-state index contributed by atoms with van der Waals surface area (Å²) in [5, 5.41) is 7.94. The van der Waals surface area contributed by atoms with Crippen molar-refractivity contribution in [3.05, 3.63) is 89.0 Å². The number of carbonyl (C=O) groups excluding carboxylic acids is 1. The summed E-state index contributed by atoms with van der Waals surface area (Å²) in [7, 11) is 1.54. The number of ether oxygens (including phenoxy) is 1. The van der Waals surface area contributed by atoms with Crippen molar-refractivity contribution in [3.63, 3.8) is 0 Å². The van der Waals surface area contributed by atoms with Gasteiger partial charge in [0.15, 0.2) is 5.69 Å². The number of methoxy groups -OCH3 is 1. The number of pyridine rings is 1. The van der Waals surface area contributed by atoms with E-state index in [9.17, 15) is 9.59 Å². The zero-order chi connectivity index (χ0) is 19.5. The van der Waals surface area contributed by atoms with Crippen LogP contribution >= 0.6 is 0 Å². The number of nitrogens with one attached hydrogen (secondary N) is 1. The van der Waals surface area contributed by atoms with E-state index in [0.717, 1.165) is 0 Å². The fraction of sp³-hybridized carbons (Fsp3) is 0.0476. The molecule has 7 heteroatoms. The standard InChI is InChI=1S/C21H16N4O3/c1-28-15-8-6-7-14(13-15)25-21(27)17-10-3-2-9-16(17)19(24-25)20(26)23-18-11-4-5-12-22-18/h2-13H,1H3,(H,22,23,26). The maximum atomic E-state index is 13.0. The second-order valence-electron chi connectivity index (χ2n) is 5.98. The fourth-order valence-electron chi connectivity index (χ4n) is 2.89. The lowest BCUT2D eigenvalue weighted by Crippen LogP contribution is -2.26. The Bertz CT molecular complexity index is 1220. The van der Waals surface area contributed by atoms with Crippen molar-refractivity contribution in [2.24, 2.45) is 0 Å². The Morgan fingerprint density at radius 1 is 1.00 bits per heavy atom.